The maximum atomic E-state index is 13.5. The summed E-state index contributed by atoms with van der Waals surface area (Å²) in [7, 11) is 0. The Hall–Kier alpha value is -2.76. The molecule has 1 amide bonds. The molecule has 0 N–H and O–H groups in total. The van der Waals surface area contributed by atoms with Gasteiger partial charge < -0.3 is 9.74 Å². The molecule has 1 aliphatic carbocycles. The van der Waals surface area contributed by atoms with E-state index in [9.17, 15) is 13.6 Å². The van der Waals surface area contributed by atoms with Gasteiger partial charge in [-0.2, -0.15) is 0 Å². The number of oxime groups is 1. The van der Waals surface area contributed by atoms with Gasteiger partial charge in [0, 0.05) is 24.4 Å². The van der Waals surface area contributed by atoms with Crippen molar-refractivity contribution in [2.45, 2.75) is 38.3 Å². The molecule has 1 fully saturated rings. The van der Waals surface area contributed by atoms with Gasteiger partial charge in [-0.05, 0) is 42.7 Å². The standard InChI is InChI=1S/C22H22F2N2O2/c23-18-9-7-15(8-10-18)13-26(22(27)16-3-1-4-16)14-20-12-21(25-28-20)17-5-2-6-19(24)11-17/h2,5-11,16,20H,1,3-4,12-14H2/t20-/m0/s1. The van der Waals surface area contributed by atoms with Gasteiger partial charge in [-0.1, -0.05) is 35.8 Å². The van der Waals surface area contributed by atoms with E-state index >= 15 is 0 Å². The normalized spacial score (nSPS) is 18.9. The molecule has 28 heavy (non-hydrogen) atoms. The van der Waals surface area contributed by atoms with Crippen molar-refractivity contribution in [2.75, 3.05) is 6.54 Å². The van der Waals surface area contributed by atoms with Gasteiger partial charge in [0.05, 0.1) is 12.3 Å². The minimum absolute atomic E-state index is 0.0606. The Bertz CT molecular complexity index is 878. The van der Waals surface area contributed by atoms with E-state index in [4.69, 9.17) is 4.84 Å². The molecule has 0 aromatic heterocycles. The first kappa shape index (κ1) is 18.6. The van der Waals surface area contributed by atoms with Crippen molar-refractivity contribution in [3.8, 4) is 0 Å². The third-order valence-electron chi connectivity index (χ3n) is 5.37. The lowest BCUT2D eigenvalue weighted by molar-refractivity contribution is -0.140. The smallest absolute Gasteiger partial charge is 0.226 e. The van der Waals surface area contributed by atoms with Crippen molar-refractivity contribution in [1.82, 2.24) is 4.90 Å². The molecule has 0 radical (unpaired) electrons. The van der Waals surface area contributed by atoms with E-state index in [0.29, 0.717) is 30.8 Å². The van der Waals surface area contributed by atoms with Gasteiger partial charge in [0.15, 0.2) is 6.10 Å². The number of hydrogen-bond acceptors (Lipinski definition) is 3. The summed E-state index contributed by atoms with van der Waals surface area (Å²) < 4.78 is 26.7. The first-order chi connectivity index (χ1) is 13.6. The number of halogens is 2. The summed E-state index contributed by atoms with van der Waals surface area (Å²) in [6, 6.07) is 12.4. The van der Waals surface area contributed by atoms with E-state index in [2.05, 4.69) is 5.16 Å². The maximum Gasteiger partial charge on any atom is 0.226 e. The molecule has 0 bridgehead atoms. The lowest BCUT2D eigenvalue weighted by Gasteiger charge is -2.32. The van der Waals surface area contributed by atoms with Crippen LogP contribution in [0.3, 0.4) is 0 Å². The summed E-state index contributed by atoms with van der Waals surface area (Å²) in [5, 5.41) is 4.10. The Morgan fingerprint density at radius 3 is 2.57 bits per heavy atom. The molecule has 1 saturated carbocycles. The number of benzene rings is 2. The predicted molar refractivity (Wildman–Crippen MR) is 102 cm³/mol. The first-order valence-corrected chi connectivity index (χ1v) is 9.60. The van der Waals surface area contributed by atoms with E-state index in [1.165, 1.54) is 24.3 Å². The fourth-order valence-electron chi connectivity index (χ4n) is 3.57. The monoisotopic (exact) mass is 384 g/mol. The zero-order chi connectivity index (χ0) is 19.5. The number of carbonyl (C=O) groups is 1. The lowest BCUT2D eigenvalue weighted by Crippen LogP contribution is -2.42. The molecule has 6 heteroatoms. The topological polar surface area (TPSA) is 41.9 Å². The van der Waals surface area contributed by atoms with Crippen LogP contribution in [0.1, 0.15) is 36.8 Å². The largest absolute Gasteiger partial charge is 0.390 e. The van der Waals surface area contributed by atoms with Crippen LogP contribution in [-0.2, 0) is 16.2 Å². The van der Waals surface area contributed by atoms with Gasteiger partial charge >= 0.3 is 0 Å². The Kier molecular flexibility index (Phi) is 5.37. The molecule has 4 rings (SSSR count). The number of hydrogen-bond donors (Lipinski definition) is 0. The van der Waals surface area contributed by atoms with Crippen LogP contribution < -0.4 is 0 Å². The summed E-state index contributed by atoms with van der Waals surface area (Å²) >= 11 is 0. The SMILES string of the molecule is O=C(C1CCC1)N(Cc1ccc(F)cc1)C[C@@H]1CC(c2cccc(F)c2)=NO1. The van der Waals surface area contributed by atoms with Crippen molar-refractivity contribution in [3.05, 3.63) is 71.3 Å². The number of amides is 1. The Morgan fingerprint density at radius 2 is 1.89 bits per heavy atom. The highest BCUT2D eigenvalue weighted by Gasteiger charge is 2.33. The molecular formula is C22H22F2N2O2. The summed E-state index contributed by atoms with van der Waals surface area (Å²) in [4.78, 5) is 20.2. The zero-order valence-electron chi connectivity index (χ0n) is 15.5. The molecule has 146 valence electrons. The molecule has 0 spiro atoms. The van der Waals surface area contributed by atoms with Crippen LogP contribution in [0.2, 0.25) is 0 Å². The predicted octanol–water partition coefficient (Wildman–Crippen LogP) is 4.29. The second-order valence-electron chi connectivity index (χ2n) is 7.45. The van der Waals surface area contributed by atoms with Gasteiger partial charge in [-0.15, -0.1) is 0 Å². The average Bonchev–Trinajstić information content (AvgIpc) is 3.10. The molecule has 1 heterocycles. The van der Waals surface area contributed by atoms with Crippen molar-refractivity contribution >= 4 is 11.6 Å². The summed E-state index contributed by atoms with van der Waals surface area (Å²) in [6.45, 7) is 0.805. The molecule has 2 aromatic rings. The third-order valence-corrected chi connectivity index (χ3v) is 5.37. The van der Waals surface area contributed by atoms with Crippen LogP contribution in [-0.4, -0.2) is 29.2 Å². The van der Waals surface area contributed by atoms with Crippen molar-refractivity contribution < 1.29 is 18.4 Å². The fraction of sp³-hybridized carbons (Fsp3) is 0.364. The van der Waals surface area contributed by atoms with Crippen molar-refractivity contribution in [2.24, 2.45) is 11.1 Å². The van der Waals surface area contributed by atoms with E-state index in [1.807, 2.05) is 0 Å². The molecular weight excluding hydrogens is 362 g/mol. The van der Waals surface area contributed by atoms with E-state index in [0.717, 1.165) is 24.8 Å². The maximum absolute atomic E-state index is 13.5. The van der Waals surface area contributed by atoms with Crippen LogP contribution in [0.15, 0.2) is 53.7 Å². The summed E-state index contributed by atoms with van der Waals surface area (Å²) in [6.07, 6.45) is 3.14. The molecule has 1 atom stereocenters. The van der Waals surface area contributed by atoms with E-state index in [-0.39, 0.29) is 29.6 Å². The van der Waals surface area contributed by atoms with Crippen LogP contribution in [0.4, 0.5) is 8.78 Å². The van der Waals surface area contributed by atoms with Gasteiger partial charge in [-0.3, -0.25) is 4.79 Å². The molecule has 0 saturated heterocycles. The van der Waals surface area contributed by atoms with Crippen molar-refractivity contribution in [1.29, 1.82) is 0 Å². The molecule has 0 unspecified atom stereocenters. The van der Waals surface area contributed by atoms with Gasteiger partial charge in [0.25, 0.3) is 0 Å². The van der Waals surface area contributed by atoms with Crippen LogP contribution in [0, 0.1) is 17.6 Å². The Labute approximate surface area is 162 Å². The minimum atomic E-state index is -0.318. The third kappa shape index (κ3) is 4.21. The second kappa shape index (κ2) is 8.09. The average molecular weight is 384 g/mol. The molecule has 2 aromatic carbocycles. The minimum Gasteiger partial charge on any atom is -0.390 e. The first-order valence-electron chi connectivity index (χ1n) is 9.60. The van der Waals surface area contributed by atoms with Crippen LogP contribution >= 0.6 is 0 Å². The lowest BCUT2D eigenvalue weighted by atomic mass is 9.84. The molecule has 4 nitrogen and oxygen atoms in total. The number of carbonyl (C=O) groups excluding carboxylic acids is 1. The molecule has 1 aliphatic heterocycles. The Morgan fingerprint density at radius 1 is 1.11 bits per heavy atom. The fourth-order valence-corrected chi connectivity index (χ4v) is 3.57. The molecule has 2 aliphatic rings. The number of nitrogens with zero attached hydrogens (tertiary/aromatic N) is 2. The highest BCUT2D eigenvalue weighted by atomic mass is 19.1. The Balaban J connectivity index is 1.43. The van der Waals surface area contributed by atoms with Gasteiger partial charge in [-0.25, -0.2) is 8.78 Å². The second-order valence-corrected chi connectivity index (χ2v) is 7.45. The van der Waals surface area contributed by atoms with Gasteiger partial charge in [0.1, 0.15) is 11.6 Å². The van der Waals surface area contributed by atoms with E-state index in [1.54, 1.807) is 29.2 Å². The van der Waals surface area contributed by atoms with Crippen LogP contribution in [0.5, 0.6) is 0 Å². The van der Waals surface area contributed by atoms with E-state index < -0.39 is 0 Å². The highest BCUT2D eigenvalue weighted by Crippen LogP contribution is 2.29. The summed E-state index contributed by atoms with van der Waals surface area (Å²) in [5.41, 5.74) is 2.25. The van der Waals surface area contributed by atoms with Crippen molar-refractivity contribution in [3.63, 3.8) is 0 Å². The van der Waals surface area contributed by atoms with Gasteiger partial charge in [0.2, 0.25) is 5.91 Å². The number of rotatable bonds is 6. The summed E-state index contributed by atoms with van der Waals surface area (Å²) in [5.74, 6) is -0.446. The zero-order valence-corrected chi connectivity index (χ0v) is 15.5. The quantitative estimate of drug-likeness (QED) is 0.746. The highest BCUT2D eigenvalue weighted by molar-refractivity contribution is 6.01. The van der Waals surface area contributed by atoms with Crippen LogP contribution in [0.25, 0.3) is 0 Å².